The number of amides is 1. The van der Waals surface area contributed by atoms with Gasteiger partial charge in [-0.3, -0.25) is 14.3 Å². The van der Waals surface area contributed by atoms with Crippen LogP contribution in [0.25, 0.3) is 0 Å². The number of benzene rings is 1. The third-order valence-corrected chi connectivity index (χ3v) is 4.38. The first kappa shape index (κ1) is 18.5. The average molecular weight is 366 g/mol. The Hall–Kier alpha value is -3.29. The van der Waals surface area contributed by atoms with Crippen molar-refractivity contribution in [3.05, 3.63) is 76.2 Å². The van der Waals surface area contributed by atoms with Gasteiger partial charge in [-0.1, -0.05) is 30.3 Å². The van der Waals surface area contributed by atoms with E-state index in [2.05, 4.69) is 20.5 Å². The van der Waals surface area contributed by atoms with E-state index in [9.17, 15) is 9.59 Å². The number of aryl methyl sites for hydroxylation is 3. The number of nitrogens with one attached hydrogen (secondary N) is 1. The minimum atomic E-state index is -0.285. The molecule has 1 atom stereocenters. The lowest BCUT2D eigenvalue weighted by Crippen LogP contribution is -2.36. The van der Waals surface area contributed by atoms with E-state index < -0.39 is 0 Å². The first-order chi connectivity index (χ1) is 13.0. The molecule has 0 unspecified atom stereocenters. The molecule has 27 heavy (non-hydrogen) atoms. The Kier molecular flexibility index (Phi) is 5.75. The molecule has 0 aliphatic rings. The number of carbonyl (C=O) groups excluding carboxylic acids is 1. The quantitative estimate of drug-likeness (QED) is 0.682. The van der Waals surface area contributed by atoms with Crippen LogP contribution >= 0.6 is 0 Å². The van der Waals surface area contributed by atoms with Gasteiger partial charge in [0.25, 0.3) is 5.56 Å². The van der Waals surface area contributed by atoms with Crippen molar-refractivity contribution in [2.45, 2.75) is 39.4 Å². The smallest absolute Gasteiger partial charge is 0.267 e. The Morgan fingerprint density at radius 3 is 2.70 bits per heavy atom. The maximum atomic E-state index is 12.6. The normalized spacial score (nSPS) is 11.9. The van der Waals surface area contributed by atoms with Crippen LogP contribution in [0.15, 0.2) is 53.8 Å². The Morgan fingerprint density at radius 2 is 2.00 bits per heavy atom. The molecule has 0 aliphatic carbocycles. The topological polar surface area (TPSA) is 94.7 Å². The molecule has 1 N–H and O–H groups in total. The molecule has 1 amide bonds. The summed E-state index contributed by atoms with van der Waals surface area (Å²) in [4.78, 5) is 28.6. The maximum absolute atomic E-state index is 12.6. The second-order valence-electron chi connectivity index (χ2n) is 6.39. The van der Waals surface area contributed by atoms with Crippen LogP contribution in [0.3, 0.4) is 0 Å². The van der Waals surface area contributed by atoms with Gasteiger partial charge < -0.3 is 5.32 Å². The molecule has 8 heteroatoms. The average Bonchev–Trinajstić information content (AvgIpc) is 3.17. The van der Waals surface area contributed by atoms with E-state index in [1.165, 1.54) is 17.1 Å². The fraction of sp³-hybridized carbons (Fsp3) is 0.316. The van der Waals surface area contributed by atoms with Crippen LogP contribution in [0, 0.1) is 13.8 Å². The van der Waals surface area contributed by atoms with Crippen molar-refractivity contribution < 1.29 is 4.79 Å². The summed E-state index contributed by atoms with van der Waals surface area (Å²) in [5.74, 6) is -0.264. The van der Waals surface area contributed by atoms with Crippen molar-refractivity contribution in [3.8, 4) is 0 Å². The third kappa shape index (κ3) is 4.87. The standard InChI is InChI=1S/C19H22N6O2/c1-14-10-19(27)25(23-15(14)2)11-18(26)22-17(16-6-4-3-5-7-16)8-9-24-13-20-12-21-24/h3-7,10,12-13,17H,8-9,11H2,1-2H3,(H,22,26)/t17-/m1/s1. The van der Waals surface area contributed by atoms with Crippen molar-refractivity contribution in [1.82, 2.24) is 29.9 Å². The van der Waals surface area contributed by atoms with Crippen LogP contribution in [-0.2, 0) is 17.9 Å². The van der Waals surface area contributed by atoms with Crippen molar-refractivity contribution in [3.63, 3.8) is 0 Å². The van der Waals surface area contributed by atoms with Crippen molar-refractivity contribution in [2.24, 2.45) is 0 Å². The van der Waals surface area contributed by atoms with Crippen LogP contribution in [0.5, 0.6) is 0 Å². The molecule has 3 rings (SSSR count). The summed E-state index contributed by atoms with van der Waals surface area (Å²) in [7, 11) is 0. The number of aromatic nitrogens is 5. The van der Waals surface area contributed by atoms with Gasteiger partial charge in [-0.05, 0) is 31.4 Å². The van der Waals surface area contributed by atoms with Gasteiger partial charge in [0.2, 0.25) is 5.91 Å². The summed E-state index contributed by atoms with van der Waals surface area (Å²) >= 11 is 0. The van der Waals surface area contributed by atoms with E-state index in [1.54, 1.807) is 11.0 Å². The molecule has 0 spiro atoms. The first-order valence-corrected chi connectivity index (χ1v) is 8.75. The SMILES string of the molecule is Cc1cc(=O)n(CC(=O)N[C@H](CCn2cncn2)c2ccccc2)nc1C. The molecule has 0 bridgehead atoms. The highest BCUT2D eigenvalue weighted by Gasteiger charge is 2.16. The lowest BCUT2D eigenvalue weighted by Gasteiger charge is -2.19. The van der Waals surface area contributed by atoms with Gasteiger partial charge in [-0.25, -0.2) is 9.67 Å². The van der Waals surface area contributed by atoms with Gasteiger partial charge in [0.05, 0.1) is 11.7 Å². The largest absolute Gasteiger partial charge is 0.348 e. The van der Waals surface area contributed by atoms with E-state index in [0.717, 1.165) is 16.8 Å². The number of hydrogen-bond acceptors (Lipinski definition) is 5. The second kappa shape index (κ2) is 8.39. The fourth-order valence-electron chi connectivity index (χ4n) is 2.78. The number of hydrogen-bond donors (Lipinski definition) is 1. The van der Waals surface area contributed by atoms with Gasteiger partial charge in [0.15, 0.2) is 0 Å². The Morgan fingerprint density at radius 1 is 1.22 bits per heavy atom. The summed E-state index contributed by atoms with van der Waals surface area (Å²) in [6.45, 7) is 4.13. The van der Waals surface area contributed by atoms with Gasteiger partial charge >= 0.3 is 0 Å². The highest BCUT2D eigenvalue weighted by atomic mass is 16.2. The molecule has 3 aromatic rings. The predicted octanol–water partition coefficient (Wildman–Crippen LogP) is 1.40. The van der Waals surface area contributed by atoms with Gasteiger partial charge in [-0.15, -0.1) is 0 Å². The van der Waals surface area contributed by atoms with Gasteiger partial charge in [-0.2, -0.15) is 10.2 Å². The molecule has 8 nitrogen and oxygen atoms in total. The van der Waals surface area contributed by atoms with Crippen LogP contribution in [-0.4, -0.2) is 30.5 Å². The van der Waals surface area contributed by atoms with E-state index in [1.807, 2.05) is 44.2 Å². The third-order valence-electron chi connectivity index (χ3n) is 4.38. The minimum absolute atomic E-state index is 0.118. The van der Waals surface area contributed by atoms with Crippen LogP contribution in [0.2, 0.25) is 0 Å². The monoisotopic (exact) mass is 366 g/mol. The lowest BCUT2D eigenvalue weighted by atomic mass is 10.0. The summed E-state index contributed by atoms with van der Waals surface area (Å²) in [6, 6.07) is 11.0. The highest BCUT2D eigenvalue weighted by molar-refractivity contribution is 5.76. The van der Waals surface area contributed by atoms with Gasteiger partial charge in [0, 0.05) is 12.6 Å². The molecule has 140 valence electrons. The molecule has 0 radical (unpaired) electrons. The molecule has 0 saturated carbocycles. The maximum Gasteiger partial charge on any atom is 0.267 e. The summed E-state index contributed by atoms with van der Waals surface area (Å²) in [5.41, 5.74) is 2.25. The summed E-state index contributed by atoms with van der Waals surface area (Å²) < 4.78 is 2.91. The van der Waals surface area contributed by atoms with Crippen molar-refractivity contribution in [2.75, 3.05) is 0 Å². The number of nitrogens with zero attached hydrogens (tertiary/aromatic N) is 5. The van der Waals surface area contributed by atoms with E-state index in [4.69, 9.17) is 0 Å². The zero-order valence-corrected chi connectivity index (χ0v) is 15.4. The van der Waals surface area contributed by atoms with Crippen LogP contribution in [0.1, 0.15) is 29.3 Å². The predicted molar refractivity (Wildman–Crippen MR) is 99.9 cm³/mol. The van der Waals surface area contributed by atoms with Crippen molar-refractivity contribution in [1.29, 1.82) is 0 Å². The summed E-state index contributed by atoms with van der Waals surface area (Å²) in [5, 5.41) is 11.3. The summed E-state index contributed by atoms with van der Waals surface area (Å²) in [6.07, 6.45) is 3.77. The Balaban J connectivity index is 1.72. The first-order valence-electron chi connectivity index (χ1n) is 8.75. The minimum Gasteiger partial charge on any atom is -0.348 e. The van der Waals surface area contributed by atoms with E-state index in [0.29, 0.717) is 13.0 Å². The molecular formula is C19H22N6O2. The highest BCUT2D eigenvalue weighted by Crippen LogP contribution is 2.17. The molecule has 2 heterocycles. The molecule has 2 aromatic heterocycles. The van der Waals surface area contributed by atoms with Gasteiger partial charge in [0.1, 0.15) is 19.2 Å². The molecular weight excluding hydrogens is 344 g/mol. The Labute approximate surface area is 156 Å². The second-order valence-corrected chi connectivity index (χ2v) is 6.39. The Bertz CT molecular complexity index is 950. The van der Waals surface area contributed by atoms with E-state index >= 15 is 0 Å². The molecule has 1 aromatic carbocycles. The zero-order chi connectivity index (χ0) is 19.2. The van der Waals surface area contributed by atoms with Crippen molar-refractivity contribution >= 4 is 5.91 Å². The molecule has 0 aliphatic heterocycles. The van der Waals surface area contributed by atoms with Crippen LogP contribution in [0.4, 0.5) is 0 Å². The fourth-order valence-corrected chi connectivity index (χ4v) is 2.78. The molecule has 0 fully saturated rings. The lowest BCUT2D eigenvalue weighted by molar-refractivity contribution is -0.122. The number of carbonyl (C=O) groups is 1. The number of rotatable bonds is 7. The van der Waals surface area contributed by atoms with Crippen LogP contribution < -0.4 is 10.9 Å². The molecule has 0 saturated heterocycles. The zero-order valence-electron chi connectivity index (χ0n) is 15.4. The van der Waals surface area contributed by atoms with E-state index in [-0.39, 0.29) is 24.1 Å².